The summed E-state index contributed by atoms with van der Waals surface area (Å²) in [6, 6.07) is 30.5. The predicted octanol–water partition coefficient (Wildman–Crippen LogP) is 6.45. The number of hydrogen-bond acceptors (Lipinski definition) is 1. The van der Waals surface area contributed by atoms with Crippen LogP contribution in [0.25, 0.3) is 21.5 Å². The van der Waals surface area contributed by atoms with Crippen LogP contribution in [0.3, 0.4) is 0 Å². The molecule has 4 aromatic carbocycles. The Bertz CT molecular complexity index is 892. The van der Waals surface area contributed by atoms with Crippen LogP contribution in [0.4, 0.5) is 0 Å². The van der Waals surface area contributed by atoms with E-state index in [4.69, 9.17) is 0 Å². The zero-order valence-corrected chi connectivity index (χ0v) is 18.1. The number of rotatable bonds is 4. The molecule has 140 valence electrons. The van der Waals surface area contributed by atoms with Crippen molar-refractivity contribution in [3.05, 3.63) is 84.9 Å². The molecule has 0 fully saturated rings. The van der Waals surface area contributed by atoms with Gasteiger partial charge in [0.25, 0.3) is 0 Å². The Kier molecular flexibility index (Phi) is 8.89. The molecule has 0 radical (unpaired) electrons. The predicted molar refractivity (Wildman–Crippen MR) is 130 cm³/mol. The maximum absolute atomic E-state index is 2.70. The van der Waals surface area contributed by atoms with E-state index >= 15 is 0 Å². The van der Waals surface area contributed by atoms with Crippen molar-refractivity contribution in [1.82, 2.24) is 6.15 Å². The largest absolute Gasteiger partial charge is 0.344 e. The highest BCUT2D eigenvalue weighted by molar-refractivity contribution is 7.56. The van der Waals surface area contributed by atoms with Gasteiger partial charge < -0.3 is 6.15 Å². The smallest absolute Gasteiger partial charge is 0.0106 e. The van der Waals surface area contributed by atoms with Gasteiger partial charge in [0.15, 0.2) is 0 Å². The van der Waals surface area contributed by atoms with E-state index < -0.39 is 0 Å². The van der Waals surface area contributed by atoms with Crippen LogP contribution in [0.2, 0.25) is 0 Å². The van der Waals surface area contributed by atoms with Crippen molar-refractivity contribution < 1.29 is 0 Å². The van der Waals surface area contributed by atoms with E-state index in [0.29, 0.717) is 8.58 Å². The lowest BCUT2D eigenvalue weighted by Gasteiger charge is -2.09. The second-order valence-corrected chi connectivity index (χ2v) is 8.23. The van der Waals surface area contributed by atoms with Crippen molar-refractivity contribution in [3.63, 3.8) is 0 Å². The van der Waals surface area contributed by atoms with Crippen molar-refractivity contribution in [1.29, 1.82) is 0 Å². The quantitative estimate of drug-likeness (QED) is 0.398. The number of hydrogen-bond donors (Lipinski definition) is 1. The summed E-state index contributed by atoms with van der Waals surface area (Å²) in [6.07, 6.45) is 3.94. The molecule has 0 saturated heterocycles. The SMILES string of the molecule is CCCCP.N.c1ccc2c(Pc3cccc4ccccc34)cccc2c1. The van der Waals surface area contributed by atoms with Crippen LogP contribution in [-0.4, -0.2) is 6.16 Å². The summed E-state index contributed by atoms with van der Waals surface area (Å²) in [7, 11) is 3.38. The molecule has 0 heterocycles. The molecule has 1 unspecified atom stereocenters. The molecular formula is C24H29NP2. The minimum Gasteiger partial charge on any atom is -0.344 e. The molecular weight excluding hydrogens is 364 g/mol. The zero-order chi connectivity index (χ0) is 18.2. The van der Waals surface area contributed by atoms with E-state index in [1.54, 1.807) is 0 Å². The van der Waals surface area contributed by atoms with Crippen molar-refractivity contribution >= 4 is 50.0 Å². The lowest BCUT2D eigenvalue weighted by atomic mass is 10.1. The molecule has 1 nitrogen and oxygen atoms in total. The summed E-state index contributed by atoms with van der Waals surface area (Å²) in [5.74, 6) is 0. The zero-order valence-electron chi connectivity index (χ0n) is 16.0. The second-order valence-electron chi connectivity index (χ2n) is 6.32. The maximum Gasteiger partial charge on any atom is -0.0106 e. The van der Waals surface area contributed by atoms with Gasteiger partial charge in [0.1, 0.15) is 0 Å². The van der Waals surface area contributed by atoms with Gasteiger partial charge in [0, 0.05) is 0 Å². The molecule has 0 amide bonds. The van der Waals surface area contributed by atoms with Gasteiger partial charge in [-0.1, -0.05) is 113 Å². The van der Waals surface area contributed by atoms with Crippen molar-refractivity contribution in [2.24, 2.45) is 0 Å². The lowest BCUT2D eigenvalue weighted by Crippen LogP contribution is -2.05. The highest BCUT2D eigenvalue weighted by Gasteiger charge is 2.04. The minimum atomic E-state index is 0. The summed E-state index contributed by atoms with van der Waals surface area (Å²) in [5.41, 5.74) is 0. The first kappa shape index (κ1) is 21.5. The first-order chi connectivity index (χ1) is 12.8. The average Bonchev–Trinajstić information content (AvgIpc) is 2.70. The van der Waals surface area contributed by atoms with Crippen LogP contribution in [0.5, 0.6) is 0 Å². The fourth-order valence-corrected chi connectivity index (χ4v) is 4.80. The molecule has 0 aliphatic rings. The van der Waals surface area contributed by atoms with Gasteiger partial charge in [-0.15, -0.1) is 9.24 Å². The molecule has 0 spiro atoms. The monoisotopic (exact) mass is 393 g/mol. The van der Waals surface area contributed by atoms with Crippen LogP contribution in [0.15, 0.2) is 84.9 Å². The first-order valence-electron chi connectivity index (χ1n) is 9.26. The number of fused-ring (bicyclic) bond motifs is 2. The fourth-order valence-electron chi connectivity index (χ4n) is 3.02. The van der Waals surface area contributed by atoms with Crippen LogP contribution >= 0.6 is 17.8 Å². The standard InChI is InChI=1S/C20H15P.C4H11P.H3N/c1-3-11-17-15(7-1)9-5-13-19(17)21-20-14-6-10-16-8-2-4-12-18(16)20;1-2-3-4-5;/h1-14,21H;2-5H2,1H3;1H3. The Morgan fingerprint density at radius 1 is 0.667 bits per heavy atom. The number of unbranched alkanes of at least 4 members (excludes halogenated alkanes) is 1. The normalized spacial score (nSPS) is 10.1. The Labute approximate surface area is 167 Å². The van der Waals surface area contributed by atoms with Gasteiger partial charge in [0.05, 0.1) is 0 Å². The highest BCUT2D eigenvalue weighted by atomic mass is 31.1. The van der Waals surface area contributed by atoms with Gasteiger partial charge in [-0.05, 0) is 38.3 Å². The van der Waals surface area contributed by atoms with E-state index in [9.17, 15) is 0 Å². The van der Waals surface area contributed by atoms with E-state index in [-0.39, 0.29) is 6.15 Å². The second kappa shape index (κ2) is 11.2. The number of benzene rings is 4. The van der Waals surface area contributed by atoms with E-state index in [1.165, 1.54) is 51.2 Å². The molecule has 4 aromatic rings. The van der Waals surface area contributed by atoms with Crippen LogP contribution in [0, 0.1) is 0 Å². The average molecular weight is 393 g/mol. The third-order valence-corrected chi connectivity index (χ3v) is 6.23. The summed E-state index contributed by atoms with van der Waals surface area (Å²) in [6.45, 7) is 2.20. The van der Waals surface area contributed by atoms with E-state index in [2.05, 4.69) is 101 Å². The molecule has 27 heavy (non-hydrogen) atoms. The Hall–Kier alpha value is -1.78. The highest BCUT2D eigenvalue weighted by Crippen LogP contribution is 2.23. The molecule has 0 aromatic heterocycles. The lowest BCUT2D eigenvalue weighted by molar-refractivity contribution is 0.897. The van der Waals surface area contributed by atoms with Crippen LogP contribution in [0.1, 0.15) is 19.8 Å². The Morgan fingerprint density at radius 2 is 1.11 bits per heavy atom. The third-order valence-electron chi connectivity index (χ3n) is 4.41. The molecule has 3 N–H and O–H groups in total. The minimum absolute atomic E-state index is 0. The van der Waals surface area contributed by atoms with Gasteiger partial charge in [0.2, 0.25) is 0 Å². The van der Waals surface area contributed by atoms with Gasteiger partial charge in [-0.25, -0.2) is 0 Å². The van der Waals surface area contributed by atoms with Crippen molar-refractivity contribution in [2.45, 2.75) is 19.8 Å². The van der Waals surface area contributed by atoms with Gasteiger partial charge >= 0.3 is 0 Å². The fraction of sp³-hybridized carbons (Fsp3) is 0.167. The molecule has 1 atom stereocenters. The summed E-state index contributed by atoms with van der Waals surface area (Å²) in [4.78, 5) is 0. The molecule has 3 heteroatoms. The third kappa shape index (κ3) is 5.60. The summed E-state index contributed by atoms with van der Waals surface area (Å²) >= 11 is 0. The van der Waals surface area contributed by atoms with Crippen molar-refractivity contribution in [2.75, 3.05) is 6.16 Å². The van der Waals surface area contributed by atoms with Gasteiger partial charge in [-0.2, -0.15) is 0 Å². The summed E-state index contributed by atoms with van der Waals surface area (Å²) in [5, 5.41) is 8.22. The molecule has 0 aliphatic heterocycles. The van der Waals surface area contributed by atoms with Gasteiger partial charge in [-0.3, -0.25) is 0 Å². The van der Waals surface area contributed by atoms with E-state index in [1.807, 2.05) is 0 Å². The molecule has 0 saturated carbocycles. The Balaban J connectivity index is 0.000000390. The van der Waals surface area contributed by atoms with E-state index in [0.717, 1.165) is 0 Å². The van der Waals surface area contributed by atoms with Crippen LogP contribution < -0.4 is 16.8 Å². The Morgan fingerprint density at radius 3 is 1.52 bits per heavy atom. The summed E-state index contributed by atoms with van der Waals surface area (Å²) < 4.78 is 0. The maximum atomic E-state index is 2.70. The first-order valence-corrected chi connectivity index (χ1v) is 11.1. The topological polar surface area (TPSA) is 35.0 Å². The molecule has 4 rings (SSSR count). The molecule has 0 bridgehead atoms. The van der Waals surface area contributed by atoms with Crippen molar-refractivity contribution in [3.8, 4) is 0 Å². The molecule has 0 aliphatic carbocycles. The van der Waals surface area contributed by atoms with Crippen LogP contribution in [-0.2, 0) is 0 Å².